The van der Waals surface area contributed by atoms with Gasteiger partial charge in [0.25, 0.3) is 0 Å². The molecule has 1 fully saturated rings. The fraction of sp³-hybridized carbons (Fsp3) is 0.800. The predicted molar refractivity (Wildman–Crippen MR) is 49.9 cm³/mol. The van der Waals surface area contributed by atoms with Gasteiger partial charge in [-0.25, -0.2) is 0 Å². The first kappa shape index (κ1) is 9.57. The van der Waals surface area contributed by atoms with Crippen LogP contribution < -0.4 is 0 Å². The van der Waals surface area contributed by atoms with Gasteiger partial charge in [0.05, 0.1) is 18.8 Å². The Morgan fingerprint density at radius 2 is 2.25 bits per heavy atom. The molecule has 0 unspecified atom stereocenters. The van der Waals surface area contributed by atoms with E-state index < -0.39 is 0 Å². The first-order valence-corrected chi connectivity index (χ1v) is 4.40. The summed E-state index contributed by atoms with van der Waals surface area (Å²) in [5.41, 5.74) is -0.136. The summed E-state index contributed by atoms with van der Waals surface area (Å²) in [5, 5.41) is 0. The van der Waals surface area contributed by atoms with Gasteiger partial charge in [-0.1, -0.05) is 5.92 Å². The zero-order chi connectivity index (χ0) is 9.19. The first-order chi connectivity index (χ1) is 5.58. The SMILES string of the molecule is C#CC(C)(C)N1CCOC[C@H]1C. The van der Waals surface area contributed by atoms with E-state index in [0.29, 0.717) is 6.04 Å². The molecule has 0 N–H and O–H groups in total. The van der Waals surface area contributed by atoms with Crippen molar-refractivity contribution >= 4 is 0 Å². The van der Waals surface area contributed by atoms with E-state index in [0.717, 1.165) is 19.8 Å². The average Bonchev–Trinajstić information content (AvgIpc) is 2.05. The lowest BCUT2D eigenvalue weighted by molar-refractivity contribution is -0.0313. The van der Waals surface area contributed by atoms with Crippen molar-refractivity contribution in [3.63, 3.8) is 0 Å². The van der Waals surface area contributed by atoms with Gasteiger partial charge in [0.15, 0.2) is 0 Å². The highest BCUT2D eigenvalue weighted by Gasteiger charge is 2.30. The van der Waals surface area contributed by atoms with Crippen LogP contribution in [0.1, 0.15) is 20.8 Å². The van der Waals surface area contributed by atoms with Crippen LogP contribution in [0.2, 0.25) is 0 Å². The summed E-state index contributed by atoms with van der Waals surface area (Å²) in [6.45, 7) is 8.85. The number of ether oxygens (including phenoxy) is 1. The molecule has 0 radical (unpaired) electrons. The molecule has 0 aliphatic carbocycles. The molecular formula is C10H17NO. The highest BCUT2D eigenvalue weighted by atomic mass is 16.5. The Kier molecular flexibility index (Phi) is 2.76. The summed E-state index contributed by atoms with van der Waals surface area (Å²) in [6.07, 6.45) is 5.47. The van der Waals surface area contributed by atoms with E-state index in [2.05, 4.69) is 31.6 Å². The number of nitrogens with zero attached hydrogens (tertiary/aromatic N) is 1. The summed E-state index contributed by atoms with van der Waals surface area (Å²) < 4.78 is 5.34. The molecule has 1 atom stereocenters. The van der Waals surface area contributed by atoms with Crippen molar-refractivity contribution in [1.29, 1.82) is 0 Å². The zero-order valence-electron chi connectivity index (χ0n) is 8.13. The Labute approximate surface area is 74.9 Å². The van der Waals surface area contributed by atoms with E-state index >= 15 is 0 Å². The minimum absolute atomic E-state index is 0.136. The van der Waals surface area contributed by atoms with E-state index in [9.17, 15) is 0 Å². The Morgan fingerprint density at radius 3 is 2.75 bits per heavy atom. The fourth-order valence-corrected chi connectivity index (χ4v) is 1.64. The van der Waals surface area contributed by atoms with Crippen molar-refractivity contribution in [3.05, 3.63) is 0 Å². The van der Waals surface area contributed by atoms with Crippen molar-refractivity contribution in [2.24, 2.45) is 0 Å². The Bertz CT molecular complexity index is 193. The standard InChI is InChI=1S/C10H17NO/c1-5-10(3,4)11-6-7-12-8-9(11)2/h1,9H,6-8H2,2-4H3/t9-/m1/s1. The maximum Gasteiger partial charge on any atom is 0.0770 e. The Balaban J connectivity index is 2.67. The Hall–Kier alpha value is -0.520. The van der Waals surface area contributed by atoms with Gasteiger partial charge in [-0.3, -0.25) is 4.90 Å². The summed E-state index contributed by atoms with van der Waals surface area (Å²) in [4.78, 5) is 2.32. The molecule has 0 spiro atoms. The van der Waals surface area contributed by atoms with E-state index in [4.69, 9.17) is 11.2 Å². The molecule has 0 bridgehead atoms. The highest BCUT2D eigenvalue weighted by molar-refractivity contribution is 5.09. The van der Waals surface area contributed by atoms with E-state index in [1.54, 1.807) is 0 Å². The molecule has 12 heavy (non-hydrogen) atoms. The van der Waals surface area contributed by atoms with E-state index in [1.807, 2.05) is 0 Å². The van der Waals surface area contributed by atoms with Crippen molar-refractivity contribution < 1.29 is 4.74 Å². The summed E-state index contributed by atoms with van der Waals surface area (Å²) >= 11 is 0. The lowest BCUT2D eigenvalue weighted by Gasteiger charge is -2.41. The third kappa shape index (κ3) is 1.80. The van der Waals surface area contributed by atoms with Gasteiger partial charge in [-0.2, -0.15) is 0 Å². The van der Waals surface area contributed by atoms with Crippen LogP contribution >= 0.6 is 0 Å². The normalized spacial score (nSPS) is 26.7. The van der Waals surface area contributed by atoms with Gasteiger partial charge < -0.3 is 4.74 Å². The van der Waals surface area contributed by atoms with Crippen LogP contribution in [0.3, 0.4) is 0 Å². The van der Waals surface area contributed by atoms with Crippen LogP contribution in [0.25, 0.3) is 0 Å². The second-order valence-electron chi connectivity index (χ2n) is 3.82. The van der Waals surface area contributed by atoms with Crippen LogP contribution in [-0.2, 0) is 4.74 Å². The molecule has 0 aromatic carbocycles. The lowest BCUT2D eigenvalue weighted by atomic mass is 10.0. The third-order valence-electron chi connectivity index (χ3n) is 2.44. The second-order valence-corrected chi connectivity index (χ2v) is 3.82. The van der Waals surface area contributed by atoms with Crippen molar-refractivity contribution in [1.82, 2.24) is 4.90 Å². The van der Waals surface area contributed by atoms with Crippen molar-refractivity contribution in [3.8, 4) is 12.3 Å². The largest absolute Gasteiger partial charge is 0.379 e. The minimum Gasteiger partial charge on any atom is -0.379 e. The second kappa shape index (κ2) is 3.47. The van der Waals surface area contributed by atoms with Gasteiger partial charge in [-0.15, -0.1) is 6.42 Å². The van der Waals surface area contributed by atoms with Gasteiger partial charge in [0.1, 0.15) is 0 Å². The van der Waals surface area contributed by atoms with E-state index in [-0.39, 0.29) is 5.54 Å². The summed E-state index contributed by atoms with van der Waals surface area (Å²) in [7, 11) is 0. The molecule has 0 saturated carbocycles. The number of hydrogen-bond acceptors (Lipinski definition) is 2. The monoisotopic (exact) mass is 167 g/mol. The Morgan fingerprint density at radius 1 is 1.58 bits per heavy atom. The maximum atomic E-state index is 5.47. The lowest BCUT2D eigenvalue weighted by Crippen LogP contribution is -2.53. The molecule has 68 valence electrons. The quantitative estimate of drug-likeness (QED) is 0.543. The van der Waals surface area contributed by atoms with Gasteiger partial charge in [-0.05, 0) is 20.8 Å². The van der Waals surface area contributed by atoms with Crippen LogP contribution in [0, 0.1) is 12.3 Å². The third-order valence-corrected chi connectivity index (χ3v) is 2.44. The molecule has 1 saturated heterocycles. The van der Waals surface area contributed by atoms with Crippen LogP contribution in [0.15, 0.2) is 0 Å². The smallest absolute Gasteiger partial charge is 0.0770 e. The van der Waals surface area contributed by atoms with Gasteiger partial charge in [0, 0.05) is 12.6 Å². The molecule has 1 aliphatic rings. The topological polar surface area (TPSA) is 12.5 Å². The molecule has 0 aromatic heterocycles. The van der Waals surface area contributed by atoms with Crippen molar-refractivity contribution in [2.75, 3.05) is 19.8 Å². The zero-order valence-corrected chi connectivity index (χ0v) is 8.13. The molecular weight excluding hydrogens is 150 g/mol. The van der Waals surface area contributed by atoms with Crippen molar-refractivity contribution in [2.45, 2.75) is 32.4 Å². The molecule has 0 amide bonds. The van der Waals surface area contributed by atoms with Crippen LogP contribution in [0.4, 0.5) is 0 Å². The van der Waals surface area contributed by atoms with Crippen LogP contribution in [0.5, 0.6) is 0 Å². The van der Waals surface area contributed by atoms with Gasteiger partial charge >= 0.3 is 0 Å². The first-order valence-electron chi connectivity index (χ1n) is 4.40. The molecule has 1 heterocycles. The molecule has 0 aromatic rings. The molecule has 2 heteroatoms. The number of terminal acetylenes is 1. The predicted octanol–water partition coefficient (Wildman–Crippen LogP) is 1.12. The maximum absolute atomic E-state index is 5.47. The fourth-order valence-electron chi connectivity index (χ4n) is 1.64. The molecule has 2 nitrogen and oxygen atoms in total. The number of morpholine rings is 1. The highest BCUT2D eigenvalue weighted by Crippen LogP contribution is 2.19. The van der Waals surface area contributed by atoms with E-state index in [1.165, 1.54) is 0 Å². The summed E-state index contributed by atoms with van der Waals surface area (Å²) in [6, 6.07) is 0.435. The van der Waals surface area contributed by atoms with Gasteiger partial charge in [0.2, 0.25) is 0 Å². The molecule has 1 aliphatic heterocycles. The number of hydrogen-bond donors (Lipinski definition) is 0. The molecule has 1 rings (SSSR count). The number of rotatable bonds is 1. The average molecular weight is 167 g/mol. The summed E-state index contributed by atoms with van der Waals surface area (Å²) in [5.74, 6) is 2.81. The van der Waals surface area contributed by atoms with Crippen LogP contribution in [-0.4, -0.2) is 36.2 Å². The minimum atomic E-state index is -0.136.